The summed E-state index contributed by atoms with van der Waals surface area (Å²) < 4.78 is 28.5. The van der Waals surface area contributed by atoms with Crippen molar-refractivity contribution in [3.8, 4) is 0 Å². The van der Waals surface area contributed by atoms with Gasteiger partial charge in [0, 0.05) is 30.6 Å². The van der Waals surface area contributed by atoms with Gasteiger partial charge in [-0.1, -0.05) is 13.8 Å². The molecule has 186 valence electrons. The zero-order chi connectivity index (χ0) is 25.5. The molecule has 1 amide bonds. The zero-order valence-electron chi connectivity index (χ0n) is 20.5. The number of hydrogen-bond acceptors (Lipinski definition) is 7. The number of pyridine rings is 2. The van der Waals surface area contributed by atoms with E-state index < -0.39 is 23.5 Å². The van der Waals surface area contributed by atoms with Crippen molar-refractivity contribution in [3.05, 3.63) is 35.4 Å². The quantitative estimate of drug-likeness (QED) is 0.386. The molecule has 2 aromatic heterocycles. The lowest BCUT2D eigenvalue weighted by Crippen LogP contribution is -2.42. The van der Waals surface area contributed by atoms with E-state index in [4.69, 9.17) is 0 Å². The summed E-state index contributed by atoms with van der Waals surface area (Å²) in [5.41, 5.74) is 0.130. The number of aliphatic hydroxyl groups is 1. The molecule has 1 fully saturated rings. The van der Waals surface area contributed by atoms with Crippen LogP contribution in [0.15, 0.2) is 23.3 Å². The second-order valence-electron chi connectivity index (χ2n) is 8.30. The van der Waals surface area contributed by atoms with E-state index in [-0.39, 0.29) is 24.0 Å². The van der Waals surface area contributed by atoms with Gasteiger partial charge in [-0.3, -0.25) is 9.79 Å². The topological polar surface area (TPSA) is 112 Å². The highest BCUT2D eigenvalue weighted by Gasteiger charge is 2.28. The van der Waals surface area contributed by atoms with Crippen LogP contribution in [0.4, 0.5) is 31.8 Å². The molecule has 4 N–H and O–H groups in total. The van der Waals surface area contributed by atoms with Crippen molar-refractivity contribution in [2.75, 3.05) is 17.2 Å². The van der Waals surface area contributed by atoms with Gasteiger partial charge in [0.1, 0.15) is 12.0 Å². The van der Waals surface area contributed by atoms with Crippen LogP contribution >= 0.6 is 0 Å². The Bertz CT molecular complexity index is 1020. The molecule has 0 saturated heterocycles. The highest BCUT2D eigenvalue weighted by atomic mass is 19.1. The predicted molar refractivity (Wildman–Crippen MR) is 132 cm³/mol. The summed E-state index contributed by atoms with van der Waals surface area (Å²) in [5, 5.41) is 18.3. The number of amides is 1. The van der Waals surface area contributed by atoms with Crippen LogP contribution in [0.2, 0.25) is 0 Å². The van der Waals surface area contributed by atoms with Crippen molar-refractivity contribution in [2.24, 2.45) is 4.99 Å². The Morgan fingerprint density at radius 1 is 1.35 bits per heavy atom. The van der Waals surface area contributed by atoms with Crippen molar-refractivity contribution in [1.29, 1.82) is 0 Å². The number of aryl methyl sites for hydroxylation is 1. The number of aliphatic imine (C=N–C) groups is 1. The second-order valence-corrected chi connectivity index (χ2v) is 8.30. The highest BCUT2D eigenvalue weighted by Crippen LogP contribution is 2.30. The summed E-state index contributed by atoms with van der Waals surface area (Å²) in [4.78, 5) is 25.1. The number of nitrogens with one attached hydrogen (secondary N) is 3. The van der Waals surface area contributed by atoms with Gasteiger partial charge in [0.15, 0.2) is 11.6 Å². The lowest BCUT2D eigenvalue weighted by Gasteiger charge is -2.22. The van der Waals surface area contributed by atoms with E-state index in [0.717, 1.165) is 12.8 Å². The maximum atomic E-state index is 14.5. The number of carbonyl (C=O) groups excluding carboxylic acids is 1. The number of anilines is 3. The molecule has 0 spiro atoms. The zero-order valence-corrected chi connectivity index (χ0v) is 20.5. The van der Waals surface area contributed by atoms with Crippen LogP contribution in [0.1, 0.15) is 63.5 Å². The molecule has 1 aliphatic carbocycles. The lowest BCUT2D eigenvalue weighted by atomic mass is 10.0. The fourth-order valence-electron chi connectivity index (χ4n) is 2.85. The SMILES string of the molecule is CC.CC=Nc1cc(F)c(Nc2cc(NC3CC3)c(C(=O)NCC(F)C(C)(C)O)cn2)nc1C. The summed E-state index contributed by atoms with van der Waals surface area (Å²) in [5.74, 6) is -0.828. The van der Waals surface area contributed by atoms with Crippen LogP contribution in [-0.2, 0) is 0 Å². The summed E-state index contributed by atoms with van der Waals surface area (Å²) in [6, 6.07) is 3.10. The second kappa shape index (κ2) is 11.8. The van der Waals surface area contributed by atoms with Gasteiger partial charge in [-0.25, -0.2) is 18.7 Å². The molecule has 1 aliphatic rings. The third-order valence-electron chi connectivity index (χ3n) is 4.95. The summed E-state index contributed by atoms with van der Waals surface area (Å²) in [7, 11) is 0. The van der Waals surface area contributed by atoms with Crippen molar-refractivity contribution in [2.45, 2.75) is 72.2 Å². The monoisotopic (exact) mass is 476 g/mol. The fraction of sp³-hybridized carbons (Fsp3) is 0.500. The Balaban J connectivity index is 0.00000199. The molecular formula is C24H34F2N6O2. The number of nitrogens with zero attached hydrogens (tertiary/aromatic N) is 3. The number of hydrogen-bond donors (Lipinski definition) is 4. The minimum Gasteiger partial charge on any atom is -0.387 e. The first-order valence-electron chi connectivity index (χ1n) is 11.4. The van der Waals surface area contributed by atoms with Gasteiger partial charge in [-0.05, 0) is 40.5 Å². The third-order valence-corrected chi connectivity index (χ3v) is 4.95. The Morgan fingerprint density at radius 3 is 2.62 bits per heavy atom. The maximum Gasteiger partial charge on any atom is 0.255 e. The molecule has 0 bridgehead atoms. The van der Waals surface area contributed by atoms with E-state index in [0.29, 0.717) is 22.9 Å². The standard InChI is InChI=1S/C22H28F2N6O2.C2H6/c1-5-25-16-8-15(23)20(28-12(16)2)30-19-9-17(29-13-6-7-13)14(10-26-19)21(31)27-11-18(24)22(3,4)32;1-2/h5,8-10,13,18,32H,6-7,11H2,1-4H3,(H,27,31)(H2,26,28,29,30);1-2H3. The van der Waals surface area contributed by atoms with E-state index in [9.17, 15) is 18.7 Å². The summed E-state index contributed by atoms with van der Waals surface area (Å²) >= 11 is 0. The Morgan fingerprint density at radius 2 is 2.03 bits per heavy atom. The molecule has 0 aromatic carbocycles. The van der Waals surface area contributed by atoms with E-state index in [1.54, 1.807) is 26.1 Å². The molecule has 2 heterocycles. The van der Waals surface area contributed by atoms with Gasteiger partial charge >= 0.3 is 0 Å². The van der Waals surface area contributed by atoms with Crippen molar-refractivity contribution in [3.63, 3.8) is 0 Å². The maximum absolute atomic E-state index is 14.5. The van der Waals surface area contributed by atoms with Gasteiger partial charge in [0.05, 0.1) is 34.8 Å². The average Bonchev–Trinajstić information content (AvgIpc) is 3.60. The normalized spacial score (nSPS) is 14.3. The van der Waals surface area contributed by atoms with Crippen LogP contribution < -0.4 is 16.0 Å². The number of aromatic nitrogens is 2. The molecule has 1 saturated carbocycles. The Labute approximate surface area is 199 Å². The first-order valence-corrected chi connectivity index (χ1v) is 11.4. The van der Waals surface area contributed by atoms with Crippen LogP contribution in [0.25, 0.3) is 0 Å². The van der Waals surface area contributed by atoms with Crippen molar-refractivity contribution in [1.82, 2.24) is 15.3 Å². The molecule has 0 radical (unpaired) electrons. The fourth-order valence-corrected chi connectivity index (χ4v) is 2.85. The highest BCUT2D eigenvalue weighted by molar-refractivity contribution is 6.00. The van der Waals surface area contributed by atoms with Gasteiger partial charge < -0.3 is 21.1 Å². The van der Waals surface area contributed by atoms with E-state index in [2.05, 4.69) is 30.9 Å². The molecule has 1 unspecified atom stereocenters. The molecule has 2 aromatic rings. The van der Waals surface area contributed by atoms with Crippen molar-refractivity contribution < 1.29 is 18.7 Å². The first-order chi connectivity index (χ1) is 16.1. The van der Waals surface area contributed by atoms with Gasteiger partial charge in [0.25, 0.3) is 5.91 Å². The third kappa shape index (κ3) is 7.44. The summed E-state index contributed by atoms with van der Waals surface area (Å²) in [6.07, 6.45) is 3.20. The molecule has 0 aliphatic heterocycles. The van der Waals surface area contributed by atoms with E-state index >= 15 is 0 Å². The largest absolute Gasteiger partial charge is 0.387 e. The van der Waals surface area contributed by atoms with Crippen molar-refractivity contribution >= 4 is 35.1 Å². The number of halogens is 2. The molecule has 8 nitrogen and oxygen atoms in total. The predicted octanol–water partition coefficient (Wildman–Crippen LogP) is 4.83. The Hall–Kier alpha value is -3.14. The van der Waals surface area contributed by atoms with Crippen LogP contribution in [0, 0.1) is 12.7 Å². The summed E-state index contributed by atoms with van der Waals surface area (Å²) in [6.45, 7) is 9.79. The number of alkyl halides is 1. The average molecular weight is 477 g/mol. The van der Waals surface area contributed by atoms with Crippen LogP contribution in [0.5, 0.6) is 0 Å². The van der Waals surface area contributed by atoms with Crippen LogP contribution in [0.3, 0.4) is 0 Å². The molecule has 3 rings (SSSR count). The van der Waals surface area contributed by atoms with E-state index in [1.807, 2.05) is 13.8 Å². The minimum atomic E-state index is -1.63. The molecule has 10 heteroatoms. The smallest absolute Gasteiger partial charge is 0.255 e. The van der Waals surface area contributed by atoms with E-state index in [1.165, 1.54) is 26.1 Å². The number of rotatable bonds is 9. The Kier molecular flexibility index (Phi) is 9.43. The number of carbonyl (C=O) groups is 1. The van der Waals surface area contributed by atoms with Crippen LogP contribution in [-0.4, -0.2) is 51.6 Å². The van der Waals surface area contributed by atoms with Gasteiger partial charge in [-0.2, -0.15) is 0 Å². The molecular weight excluding hydrogens is 442 g/mol. The van der Waals surface area contributed by atoms with Gasteiger partial charge in [-0.15, -0.1) is 0 Å². The van der Waals surface area contributed by atoms with Gasteiger partial charge in [0.2, 0.25) is 0 Å². The molecule has 34 heavy (non-hydrogen) atoms. The minimum absolute atomic E-state index is 0.00919. The lowest BCUT2D eigenvalue weighted by molar-refractivity contribution is -0.00177. The first kappa shape index (κ1) is 27.1. The molecule has 1 atom stereocenters.